The van der Waals surface area contributed by atoms with Crippen molar-refractivity contribution in [1.82, 2.24) is 9.97 Å². The first kappa shape index (κ1) is 15.0. The molecule has 0 radical (unpaired) electrons. The second-order valence-corrected chi connectivity index (χ2v) is 6.06. The van der Waals surface area contributed by atoms with E-state index in [1.165, 1.54) is 0 Å². The molecule has 5 heteroatoms. The quantitative estimate of drug-likeness (QED) is 0.824. The standard InChI is InChI=1S/C13H21N3OS/c1-4-13(3,5-2)18-10-7-11(17)16-12-14-8-6-9-15-12/h6,8-9H,4-5,7,10H2,1-3H3,(H,14,15,16,17). The summed E-state index contributed by atoms with van der Waals surface area (Å²) in [6.07, 6.45) is 5.97. The van der Waals surface area contributed by atoms with Crippen LogP contribution >= 0.6 is 11.8 Å². The third-order valence-electron chi connectivity index (χ3n) is 3.09. The largest absolute Gasteiger partial charge is 0.295 e. The number of nitrogens with one attached hydrogen (secondary N) is 1. The zero-order valence-electron chi connectivity index (χ0n) is 11.3. The van der Waals surface area contributed by atoms with Crippen molar-refractivity contribution in [3.63, 3.8) is 0 Å². The molecule has 0 unspecified atom stereocenters. The lowest BCUT2D eigenvalue weighted by atomic mass is 10.1. The van der Waals surface area contributed by atoms with Gasteiger partial charge in [-0.15, -0.1) is 0 Å². The fourth-order valence-corrected chi connectivity index (χ4v) is 2.58. The van der Waals surface area contributed by atoms with Crippen LogP contribution in [0.5, 0.6) is 0 Å². The molecule has 0 aliphatic heterocycles. The highest BCUT2D eigenvalue weighted by molar-refractivity contribution is 8.00. The normalized spacial score (nSPS) is 11.3. The van der Waals surface area contributed by atoms with Gasteiger partial charge in [-0.3, -0.25) is 10.1 Å². The van der Waals surface area contributed by atoms with Gasteiger partial charge in [0.2, 0.25) is 11.9 Å². The summed E-state index contributed by atoms with van der Waals surface area (Å²) < 4.78 is 0.281. The van der Waals surface area contributed by atoms with Gasteiger partial charge in [-0.1, -0.05) is 20.8 Å². The Morgan fingerprint density at radius 2 is 1.94 bits per heavy atom. The summed E-state index contributed by atoms with van der Waals surface area (Å²) in [5.74, 6) is 1.18. The van der Waals surface area contributed by atoms with Crippen LogP contribution in [0.4, 0.5) is 5.95 Å². The highest BCUT2D eigenvalue weighted by Crippen LogP contribution is 2.32. The van der Waals surface area contributed by atoms with Crippen molar-refractivity contribution in [3.8, 4) is 0 Å². The maximum atomic E-state index is 11.7. The monoisotopic (exact) mass is 267 g/mol. The van der Waals surface area contributed by atoms with E-state index in [2.05, 4.69) is 36.1 Å². The lowest BCUT2D eigenvalue weighted by Gasteiger charge is -2.25. The lowest BCUT2D eigenvalue weighted by Crippen LogP contribution is -2.20. The second-order valence-electron chi connectivity index (χ2n) is 4.38. The molecule has 0 bridgehead atoms. The van der Waals surface area contributed by atoms with Gasteiger partial charge in [0, 0.05) is 29.3 Å². The molecule has 0 saturated carbocycles. The van der Waals surface area contributed by atoms with Crippen LogP contribution in [0.2, 0.25) is 0 Å². The summed E-state index contributed by atoms with van der Waals surface area (Å²) >= 11 is 1.86. The van der Waals surface area contributed by atoms with Crippen LogP contribution in [-0.4, -0.2) is 26.4 Å². The molecule has 1 amide bonds. The van der Waals surface area contributed by atoms with E-state index >= 15 is 0 Å². The Hall–Kier alpha value is -1.10. The summed E-state index contributed by atoms with van der Waals surface area (Å²) in [6.45, 7) is 6.62. The summed E-state index contributed by atoms with van der Waals surface area (Å²) in [6, 6.07) is 1.72. The fourth-order valence-electron chi connectivity index (χ4n) is 1.40. The van der Waals surface area contributed by atoms with Crippen LogP contribution in [0, 0.1) is 0 Å². The SMILES string of the molecule is CCC(C)(CC)SCCC(=O)Nc1ncccn1. The van der Waals surface area contributed by atoms with E-state index < -0.39 is 0 Å². The molecule has 1 aromatic rings. The smallest absolute Gasteiger partial charge is 0.229 e. The van der Waals surface area contributed by atoms with Crippen LogP contribution in [0.25, 0.3) is 0 Å². The lowest BCUT2D eigenvalue weighted by molar-refractivity contribution is -0.115. The molecular formula is C13H21N3OS. The number of carbonyl (C=O) groups excluding carboxylic acids is 1. The van der Waals surface area contributed by atoms with Crippen LogP contribution in [0.3, 0.4) is 0 Å². The van der Waals surface area contributed by atoms with Gasteiger partial charge in [-0.25, -0.2) is 9.97 Å². The highest BCUT2D eigenvalue weighted by Gasteiger charge is 2.20. The minimum Gasteiger partial charge on any atom is -0.295 e. The number of anilines is 1. The molecule has 0 aliphatic carbocycles. The van der Waals surface area contributed by atoms with Crippen LogP contribution in [0.1, 0.15) is 40.0 Å². The van der Waals surface area contributed by atoms with Crippen molar-refractivity contribution in [2.24, 2.45) is 0 Å². The van der Waals surface area contributed by atoms with E-state index in [1.807, 2.05) is 11.8 Å². The van der Waals surface area contributed by atoms with Gasteiger partial charge >= 0.3 is 0 Å². The number of aromatic nitrogens is 2. The Kier molecular flexibility index (Phi) is 6.12. The maximum Gasteiger partial charge on any atom is 0.229 e. The van der Waals surface area contributed by atoms with E-state index in [4.69, 9.17) is 0 Å². The second kappa shape index (κ2) is 7.36. The predicted molar refractivity (Wildman–Crippen MR) is 76.7 cm³/mol. The van der Waals surface area contributed by atoms with Gasteiger partial charge in [0.1, 0.15) is 0 Å². The third-order valence-corrected chi connectivity index (χ3v) is 4.77. The van der Waals surface area contributed by atoms with Crippen molar-refractivity contribution in [3.05, 3.63) is 18.5 Å². The summed E-state index contributed by atoms with van der Waals surface area (Å²) in [5.41, 5.74) is 0. The zero-order chi connectivity index (χ0) is 13.4. The van der Waals surface area contributed by atoms with E-state index in [0.29, 0.717) is 12.4 Å². The van der Waals surface area contributed by atoms with E-state index in [-0.39, 0.29) is 10.7 Å². The molecule has 1 N–H and O–H groups in total. The Labute approximate surface area is 113 Å². The Morgan fingerprint density at radius 3 is 2.50 bits per heavy atom. The number of hydrogen-bond acceptors (Lipinski definition) is 4. The Bertz CT molecular complexity index is 366. The molecule has 0 aliphatic rings. The fraction of sp³-hybridized carbons (Fsp3) is 0.615. The van der Waals surface area contributed by atoms with Gasteiger partial charge in [-0.05, 0) is 18.9 Å². The van der Waals surface area contributed by atoms with E-state index in [9.17, 15) is 4.79 Å². The summed E-state index contributed by atoms with van der Waals surface area (Å²) in [4.78, 5) is 19.6. The van der Waals surface area contributed by atoms with Gasteiger partial charge in [0.25, 0.3) is 0 Å². The van der Waals surface area contributed by atoms with Gasteiger partial charge in [0.15, 0.2) is 0 Å². The molecule has 0 atom stereocenters. The molecule has 0 aromatic carbocycles. The van der Waals surface area contributed by atoms with Crippen molar-refractivity contribution in [1.29, 1.82) is 0 Å². The number of carbonyl (C=O) groups is 1. The van der Waals surface area contributed by atoms with Crippen LogP contribution in [0.15, 0.2) is 18.5 Å². The molecule has 4 nitrogen and oxygen atoms in total. The van der Waals surface area contributed by atoms with Gasteiger partial charge in [-0.2, -0.15) is 11.8 Å². The van der Waals surface area contributed by atoms with Crippen molar-refractivity contribution in [2.75, 3.05) is 11.1 Å². The van der Waals surface area contributed by atoms with Crippen molar-refractivity contribution in [2.45, 2.75) is 44.8 Å². The highest BCUT2D eigenvalue weighted by atomic mass is 32.2. The van der Waals surface area contributed by atoms with E-state index in [0.717, 1.165) is 18.6 Å². The topological polar surface area (TPSA) is 54.9 Å². The molecular weight excluding hydrogens is 246 g/mol. The Morgan fingerprint density at radius 1 is 1.33 bits per heavy atom. The molecule has 1 heterocycles. The first-order chi connectivity index (χ1) is 8.59. The molecule has 0 spiro atoms. The van der Waals surface area contributed by atoms with Gasteiger partial charge in [0.05, 0.1) is 0 Å². The summed E-state index contributed by atoms with van der Waals surface area (Å²) in [7, 11) is 0. The van der Waals surface area contributed by atoms with E-state index in [1.54, 1.807) is 18.5 Å². The minimum absolute atomic E-state index is 0.0248. The zero-order valence-corrected chi connectivity index (χ0v) is 12.1. The molecule has 1 aromatic heterocycles. The molecule has 18 heavy (non-hydrogen) atoms. The van der Waals surface area contributed by atoms with Crippen LogP contribution < -0.4 is 5.32 Å². The number of amides is 1. The third kappa shape index (κ3) is 5.04. The number of rotatable bonds is 7. The number of hydrogen-bond donors (Lipinski definition) is 1. The number of thioether (sulfide) groups is 1. The molecule has 0 fully saturated rings. The van der Waals surface area contributed by atoms with Crippen molar-refractivity contribution >= 4 is 23.6 Å². The van der Waals surface area contributed by atoms with Crippen LogP contribution in [-0.2, 0) is 4.79 Å². The first-order valence-corrected chi connectivity index (χ1v) is 7.29. The number of nitrogens with zero attached hydrogens (tertiary/aromatic N) is 2. The maximum absolute atomic E-state index is 11.7. The average molecular weight is 267 g/mol. The minimum atomic E-state index is -0.0248. The summed E-state index contributed by atoms with van der Waals surface area (Å²) in [5, 5.41) is 2.69. The first-order valence-electron chi connectivity index (χ1n) is 6.30. The molecule has 100 valence electrons. The average Bonchev–Trinajstić information content (AvgIpc) is 2.39. The van der Waals surface area contributed by atoms with Gasteiger partial charge < -0.3 is 0 Å². The molecule has 0 saturated heterocycles. The van der Waals surface area contributed by atoms with Crippen molar-refractivity contribution < 1.29 is 4.79 Å². The Balaban J connectivity index is 2.30. The molecule has 1 rings (SSSR count). The predicted octanol–water partition coefficient (Wildman–Crippen LogP) is 3.12.